The first kappa shape index (κ1) is 35.5. The molecule has 0 atom stereocenters. The zero-order chi connectivity index (χ0) is 37.7. The summed E-state index contributed by atoms with van der Waals surface area (Å²) in [5.74, 6) is -3.63. The Kier molecular flexibility index (Phi) is 9.98. The van der Waals surface area contributed by atoms with E-state index in [4.69, 9.17) is 5.11 Å². The van der Waals surface area contributed by atoms with Crippen LogP contribution in [0.4, 0.5) is 22.7 Å². The molecule has 0 aromatic heterocycles. The fraction of sp³-hybridized carbons (Fsp3) is 0. The summed E-state index contributed by atoms with van der Waals surface area (Å²) in [7, 11) is -4.91. The van der Waals surface area contributed by atoms with Crippen LogP contribution in [-0.4, -0.2) is 58.9 Å². The Bertz CT molecular complexity index is 2450. The van der Waals surface area contributed by atoms with Crippen LogP contribution in [0.3, 0.4) is 0 Å². The number of amides is 2. The summed E-state index contributed by atoms with van der Waals surface area (Å²) in [6.07, 6.45) is 4.70. The molecule has 4 aromatic carbocycles. The minimum absolute atomic E-state index is 0.0939. The fourth-order valence-corrected chi connectivity index (χ4v) is 5.70. The lowest BCUT2D eigenvalue weighted by Crippen LogP contribution is -2.27. The largest absolute Gasteiger partial charge is 0.478 e. The highest BCUT2D eigenvalue weighted by Gasteiger charge is 2.33. The van der Waals surface area contributed by atoms with Crippen molar-refractivity contribution in [3.8, 4) is 0 Å². The van der Waals surface area contributed by atoms with E-state index in [1.165, 1.54) is 60.7 Å². The number of carboxylic acids is 1. The fourth-order valence-electron chi connectivity index (χ4n) is 5.04. The van der Waals surface area contributed by atoms with Crippen molar-refractivity contribution in [1.29, 1.82) is 0 Å². The van der Waals surface area contributed by atoms with Gasteiger partial charge in [-0.05, 0) is 109 Å². The summed E-state index contributed by atoms with van der Waals surface area (Å²) in [6, 6.07) is 25.0. The second kappa shape index (κ2) is 14.9. The predicted molar refractivity (Wildman–Crippen MR) is 198 cm³/mol. The molecule has 264 valence electrons. The van der Waals surface area contributed by atoms with Gasteiger partial charge in [0.25, 0.3) is 21.9 Å². The molecule has 0 spiro atoms. The van der Waals surface area contributed by atoms with E-state index in [-0.39, 0.29) is 16.8 Å². The third kappa shape index (κ3) is 8.37. The number of hydrazone groups is 2. The van der Waals surface area contributed by atoms with Crippen molar-refractivity contribution in [3.05, 3.63) is 148 Å². The van der Waals surface area contributed by atoms with Crippen molar-refractivity contribution < 1.29 is 42.0 Å². The predicted octanol–water partition coefficient (Wildman–Crippen LogP) is 5.00. The molecule has 6 rings (SSSR count). The standard InChI is InChI=1S/C37H26N6O9S/c44-31-17-15-28(20-30(31)37(48)49)42-40-25-8-6-22(7-9-25)36(47)38-24-10-12-26(13-11-24)41-43-33-32(53(50,51)52)19-23-18-27(14-16-29(23)34(33)45)39-35(46)21-4-2-1-3-5-21/h1-20,40-41H,(H,38,47)(H,39,46)(H,48,49)(H,50,51,52). The molecule has 4 aromatic rings. The number of hydrogen-bond donors (Lipinski definition) is 6. The Balaban J connectivity index is 1.10. The van der Waals surface area contributed by atoms with Gasteiger partial charge < -0.3 is 15.7 Å². The Hall–Kier alpha value is -7.30. The van der Waals surface area contributed by atoms with Crippen LogP contribution in [0.2, 0.25) is 0 Å². The molecule has 0 fully saturated rings. The van der Waals surface area contributed by atoms with Gasteiger partial charge in [0, 0.05) is 28.1 Å². The van der Waals surface area contributed by atoms with Gasteiger partial charge in [0.15, 0.2) is 11.5 Å². The Labute approximate surface area is 300 Å². The van der Waals surface area contributed by atoms with Crippen molar-refractivity contribution in [3.63, 3.8) is 0 Å². The van der Waals surface area contributed by atoms with E-state index in [2.05, 4.69) is 31.7 Å². The summed E-state index contributed by atoms with van der Waals surface area (Å²) in [6.45, 7) is 0. The van der Waals surface area contributed by atoms with E-state index in [0.717, 1.165) is 18.2 Å². The summed E-state index contributed by atoms with van der Waals surface area (Å²) >= 11 is 0. The third-order valence-electron chi connectivity index (χ3n) is 7.70. The molecule has 0 saturated carbocycles. The monoisotopic (exact) mass is 730 g/mol. The van der Waals surface area contributed by atoms with Crippen LogP contribution in [-0.2, 0) is 19.7 Å². The van der Waals surface area contributed by atoms with E-state index < -0.39 is 55.7 Å². The zero-order valence-corrected chi connectivity index (χ0v) is 27.9. The summed E-state index contributed by atoms with van der Waals surface area (Å²) in [5, 5.41) is 22.6. The van der Waals surface area contributed by atoms with Crippen LogP contribution in [0.25, 0.3) is 6.08 Å². The molecule has 0 saturated heterocycles. The number of nitrogens with zero attached hydrogens (tertiary/aromatic N) is 2. The number of ketones is 2. The van der Waals surface area contributed by atoms with Gasteiger partial charge in [0.1, 0.15) is 10.5 Å². The van der Waals surface area contributed by atoms with E-state index in [1.807, 2.05) is 0 Å². The molecular formula is C37H26N6O9S. The van der Waals surface area contributed by atoms with E-state index in [0.29, 0.717) is 33.9 Å². The van der Waals surface area contributed by atoms with E-state index >= 15 is 0 Å². The second-order valence-corrected chi connectivity index (χ2v) is 12.7. The van der Waals surface area contributed by atoms with Crippen LogP contribution < -0.4 is 21.5 Å². The van der Waals surface area contributed by atoms with Crippen LogP contribution in [0, 0.1) is 0 Å². The molecule has 2 aliphatic rings. The molecule has 0 aliphatic heterocycles. The highest BCUT2D eigenvalue weighted by molar-refractivity contribution is 7.91. The maximum atomic E-state index is 13.4. The molecule has 53 heavy (non-hydrogen) atoms. The molecule has 0 bridgehead atoms. The zero-order valence-electron chi connectivity index (χ0n) is 27.1. The first-order chi connectivity index (χ1) is 25.4. The molecule has 16 heteroatoms. The van der Waals surface area contributed by atoms with Gasteiger partial charge in [-0.2, -0.15) is 18.6 Å². The lowest BCUT2D eigenvalue weighted by molar-refractivity contribution is -0.134. The molecule has 2 amide bonds. The quantitative estimate of drug-likeness (QED) is 0.0550. The van der Waals surface area contributed by atoms with Gasteiger partial charge >= 0.3 is 5.97 Å². The minimum atomic E-state index is -4.91. The first-order valence-corrected chi connectivity index (χ1v) is 16.9. The van der Waals surface area contributed by atoms with Crippen LogP contribution in [0.15, 0.2) is 136 Å². The van der Waals surface area contributed by atoms with Crippen molar-refractivity contribution in [2.45, 2.75) is 0 Å². The summed E-state index contributed by atoms with van der Waals surface area (Å²) in [4.78, 5) is 60.9. The van der Waals surface area contributed by atoms with Gasteiger partial charge in [-0.25, -0.2) is 4.79 Å². The maximum absolute atomic E-state index is 13.4. The first-order valence-electron chi connectivity index (χ1n) is 15.5. The number of hydrogen-bond acceptors (Lipinski definition) is 11. The Morgan fingerprint density at radius 2 is 1.21 bits per heavy atom. The lowest BCUT2D eigenvalue weighted by Gasteiger charge is -2.17. The number of Topliss-reactive ketones (excluding diaryl/α,β-unsaturated/α-hetero) is 1. The highest BCUT2D eigenvalue weighted by atomic mass is 32.2. The number of aliphatic carboxylic acids is 1. The summed E-state index contributed by atoms with van der Waals surface area (Å²) < 4.78 is 34.6. The third-order valence-corrected chi connectivity index (χ3v) is 8.56. The SMILES string of the molecule is O=C(O)C1=CC(=NNc2ccc(C(=O)Nc3ccc(NN=C4C(=O)c5ccc(NC(=O)c6ccccc6)cc5C=C4S(=O)(=O)O)cc3)cc2)C=CC1=O. The van der Waals surface area contributed by atoms with Gasteiger partial charge in [-0.1, -0.05) is 18.2 Å². The number of benzene rings is 4. The van der Waals surface area contributed by atoms with Gasteiger partial charge in [-0.3, -0.25) is 34.6 Å². The molecule has 15 nitrogen and oxygen atoms in total. The number of carboxylic acid groups (broad SMARTS) is 1. The van der Waals surface area contributed by atoms with Gasteiger partial charge in [-0.15, -0.1) is 0 Å². The molecule has 6 N–H and O–H groups in total. The topological polar surface area (TPSA) is 233 Å². The molecule has 0 heterocycles. The van der Waals surface area contributed by atoms with Crippen molar-refractivity contribution in [2.24, 2.45) is 10.2 Å². The van der Waals surface area contributed by atoms with Crippen molar-refractivity contribution >= 4 is 79.7 Å². The molecule has 0 radical (unpaired) electrons. The van der Waals surface area contributed by atoms with E-state index in [9.17, 15) is 36.9 Å². The molecule has 0 unspecified atom stereocenters. The number of nitrogens with one attached hydrogen (secondary N) is 4. The minimum Gasteiger partial charge on any atom is -0.478 e. The average molecular weight is 731 g/mol. The molecular weight excluding hydrogens is 705 g/mol. The van der Waals surface area contributed by atoms with Gasteiger partial charge in [0.05, 0.1) is 17.1 Å². The number of anilines is 4. The summed E-state index contributed by atoms with van der Waals surface area (Å²) in [5.41, 5.74) is 7.05. The average Bonchev–Trinajstić information content (AvgIpc) is 3.14. The van der Waals surface area contributed by atoms with Crippen LogP contribution in [0.5, 0.6) is 0 Å². The highest BCUT2D eigenvalue weighted by Crippen LogP contribution is 2.28. The van der Waals surface area contributed by atoms with Crippen LogP contribution in [0.1, 0.15) is 36.6 Å². The van der Waals surface area contributed by atoms with Crippen molar-refractivity contribution in [1.82, 2.24) is 0 Å². The number of allylic oxidation sites excluding steroid dienone is 4. The Morgan fingerprint density at radius 1 is 0.642 bits per heavy atom. The molecule has 2 aliphatic carbocycles. The van der Waals surface area contributed by atoms with E-state index in [1.54, 1.807) is 42.5 Å². The normalized spacial score (nSPS) is 15.3. The second-order valence-electron chi connectivity index (χ2n) is 11.3. The lowest BCUT2D eigenvalue weighted by atomic mass is 9.94. The Morgan fingerprint density at radius 3 is 1.85 bits per heavy atom. The smallest absolute Gasteiger partial charge is 0.339 e. The van der Waals surface area contributed by atoms with Crippen LogP contribution >= 0.6 is 0 Å². The number of fused-ring (bicyclic) bond motifs is 1. The number of rotatable bonds is 10. The number of carbonyl (C=O) groups excluding carboxylic acids is 4. The maximum Gasteiger partial charge on any atom is 0.339 e. The van der Waals surface area contributed by atoms with Crippen molar-refractivity contribution in [2.75, 3.05) is 21.5 Å². The number of carbonyl (C=O) groups is 5. The van der Waals surface area contributed by atoms with Gasteiger partial charge in [0.2, 0.25) is 5.78 Å².